The summed E-state index contributed by atoms with van der Waals surface area (Å²) >= 11 is 6.50. The Morgan fingerprint density at radius 1 is 1.32 bits per heavy atom. The number of hydrogen-bond donors (Lipinski definition) is 2. The fraction of sp³-hybridized carbons (Fsp3) is 0.583. The van der Waals surface area contributed by atoms with Crippen LogP contribution in [0.1, 0.15) is 32.1 Å². The highest BCUT2D eigenvalue weighted by Gasteiger charge is 2.27. The van der Waals surface area contributed by atoms with Crippen LogP contribution < -0.4 is 11.1 Å². The van der Waals surface area contributed by atoms with Crippen LogP contribution in [0.4, 0.5) is 5.82 Å². The van der Waals surface area contributed by atoms with Crippen molar-refractivity contribution >= 4 is 43.6 Å². The second-order valence-electron chi connectivity index (χ2n) is 4.73. The lowest BCUT2D eigenvalue weighted by atomic mass is 9.95. The second-order valence-corrected chi connectivity index (χ2v) is 6.29. The van der Waals surface area contributed by atoms with Crippen LogP contribution in [-0.2, 0) is 4.79 Å². The van der Waals surface area contributed by atoms with Gasteiger partial charge in [0.2, 0.25) is 5.91 Å². The van der Waals surface area contributed by atoms with Crippen molar-refractivity contribution in [1.29, 1.82) is 0 Å². The minimum absolute atomic E-state index is 0.0632. The van der Waals surface area contributed by atoms with E-state index in [0.29, 0.717) is 15.0 Å². The highest BCUT2D eigenvalue weighted by molar-refractivity contribution is 9.11. The minimum atomic E-state index is -0.139. The van der Waals surface area contributed by atoms with Crippen LogP contribution in [0.5, 0.6) is 0 Å². The molecule has 1 aliphatic carbocycles. The van der Waals surface area contributed by atoms with Gasteiger partial charge in [-0.25, -0.2) is 9.97 Å². The van der Waals surface area contributed by atoms with Crippen molar-refractivity contribution in [2.24, 2.45) is 11.7 Å². The molecule has 0 spiro atoms. The molecular weight excluding hydrogens is 376 g/mol. The summed E-state index contributed by atoms with van der Waals surface area (Å²) in [5, 5.41) is 2.81. The Hall–Kier alpha value is -0.530. The van der Waals surface area contributed by atoms with Crippen LogP contribution in [0.15, 0.2) is 15.4 Å². The Morgan fingerprint density at radius 2 is 2.05 bits per heavy atom. The summed E-state index contributed by atoms with van der Waals surface area (Å²) in [4.78, 5) is 20.5. The van der Waals surface area contributed by atoms with Crippen molar-refractivity contribution in [3.8, 4) is 0 Å². The lowest BCUT2D eigenvalue weighted by Gasteiger charge is -2.20. The van der Waals surface area contributed by atoms with E-state index in [0.717, 1.165) is 32.1 Å². The van der Waals surface area contributed by atoms with Crippen molar-refractivity contribution in [2.45, 2.75) is 38.1 Å². The first kappa shape index (κ1) is 14.9. The van der Waals surface area contributed by atoms with Gasteiger partial charge in [-0.05, 0) is 44.7 Å². The Labute approximate surface area is 129 Å². The van der Waals surface area contributed by atoms with Crippen molar-refractivity contribution in [3.05, 3.63) is 15.4 Å². The van der Waals surface area contributed by atoms with Crippen LogP contribution in [0.25, 0.3) is 0 Å². The Morgan fingerprint density at radius 3 is 2.79 bits per heavy atom. The van der Waals surface area contributed by atoms with Gasteiger partial charge < -0.3 is 11.1 Å². The van der Waals surface area contributed by atoms with Gasteiger partial charge in [0.15, 0.2) is 5.82 Å². The normalized spacial score (nSPS) is 23.7. The maximum Gasteiger partial charge on any atom is 0.230 e. The fourth-order valence-corrected chi connectivity index (χ4v) is 3.21. The molecule has 1 aromatic heterocycles. The first-order valence-corrected chi connectivity index (χ1v) is 7.91. The molecule has 1 amide bonds. The van der Waals surface area contributed by atoms with Crippen LogP contribution in [0.3, 0.4) is 0 Å². The molecule has 1 fully saturated rings. The molecule has 0 aromatic carbocycles. The molecule has 1 heterocycles. The number of rotatable bonds is 2. The van der Waals surface area contributed by atoms with E-state index in [1.165, 1.54) is 0 Å². The number of nitrogens with one attached hydrogen (secondary N) is 1. The summed E-state index contributed by atoms with van der Waals surface area (Å²) in [6.45, 7) is 0. The summed E-state index contributed by atoms with van der Waals surface area (Å²) in [7, 11) is 0. The van der Waals surface area contributed by atoms with E-state index in [1.807, 2.05) is 0 Å². The molecule has 1 aromatic rings. The van der Waals surface area contributed by atoms with Gasteiger partial charge in [-0.15, -0.1) is 0 Å². The van der Waals surface area contributed by atoms with E-state index in [9.17, 15) is 4.79 Å². The summed E-state index contributed by atoms with van der Waals surface area (Å²) in [5.41, 5.74) is 6.08. The molecule has 2 atom stereocenters. The third kappa shape index (κ3) is 3.97. The average Bonchev–Trinajstić information content (AvgIpc) is 2.57. The van der Waals surface area contributed by atoms with Crippen molar-refractivity contribution < 1.29 is 4.79 Å². The number of halogens is 2. The van der Waals surface area contributed by atoms with Crippen LogP contribution in [0, 0.1) is 5.92 Å². The molecule has 0 bridgehead atoms. The Balaban J connectivity index is 2.07. The molecule has 19 heavy (non-hydrogen) atoms. The van der Waals surface area contributed by atoms with Crippen molar-refractivity contribution in [3.63, 3.8) is 0 Å². The van der Waals surface area contributed by atoms with E-state index in [1.54, 1.807) is 6.20 Å². The van der Waals surface area contributed by atoms with Gasteiger partial charge in [0.1, 0.15) is 9.21 Å². The van der Waals surface area contributed by atoms with Gasteiger partial charge in [0.05, 0.1) is 12.1 Å². The predicted octanol–water partition coefficient (Wildman–Crippen LogP) is 2.85. The summed E-state index contributed by atoms with van der Waals surface area (Å²) < 4.78 is 1.13. The quantitative estimate of drug-likeness (QED) is 0.759. The minimum Gasteiger partial charge on any atom is -0.327 e. The number of amides is 1. The van der Waals surface area contributed by atoms with Gasteiger partial charge in [0.25, 0.3) is 0 Å². The Kier molecular flexibility index (Phi) is 5.29. The summed E-state index contributed by atoms with van der Waals surface area (Å²) in [6.07, 6.45) is 6.61. The molecule has 7 heteroatoms. The van der Waals surface area contributed by atoms with Crippen LogP contribution in [-0.4, -0.2) is 21.9 Å². The molecule has 2 unspecified atom stereocenters. The molecule has 1 saturated carbocycles. The van der Waals surface area contributed by atoms with E-state index in [2.05, 4.69) is 47.1 Å². The smallest absolute Gasteiger partial charge is 0.230 e. The van der Waals surface area contributed by atoms with Gasteiger partial charge in [-0.2, -0.15) is 0 Å². The lowest BCUT2D eigenvalue weighted by Crippen LogP contribution is -2.38. The molecule has 5 nitrogen and oxygen atoms in total. The van der Waals surface area contributed by atoms with E-state index in [4.69, 9.17) is 5.73 Å². The van der Waals surface area contributed by atoms with Crippen LogP contribution >= 0.6 is 31.9 Å². The number of aromatic nitrogens is 2. The third-order valence-electron chi connectivity index (χ3n) is 3.35. The zero-order valence-corrected chi connectivity index (χ0v) is 13.6. The largest absolute Gasteiger partial charge is 0.327 e. The monoisotopic (exact) mass is 390 g/mol. The summed E-state index contributed by atoms with van der Waals surface area (Å²) in [6, 6.07) is -0.0651. The summed E-state index contributed by atoms with van der Waals surface area (Å²) in [5.74, 6) is 0.233. The lowest BCUT2D eigenvalue weighted by molar-refractivity contribution is -0.120. The maximum atomic E-state index is 12.3. The predicted molar refractivity (Wildman–Crippen MR) is 80.6 cm³/mol. The maximum absolute atomic E-state index is 12.3. The molecular formula is C12H16Br2N4O. The number of nitrogens with two attached hydrogens (primary N) is 1. The zero-order valence-electron chi connectivity index (χ0n) is 10.4. The topological polar surface area (TPSA) is 80.9 Å². The van der Waals surface area contributed by atoms with Crippen molar-refractivity contribution in [2.75, 3.05) is 5.32 Å². The molecule has 104 valence electrons. The molecule has 0 aliphatic heterocycles. The van der Waals surface area contributed by atoms with Crippen molar-refractivity contribution in [1.82, 2.24) is 9.97 Å². The number of carbonyl (C=O) groups is 1. The van der Waals surface area contributed by atoms with Gasteiger partial charge in [-0.3, -0.25) is 4.79 Å². The zero-order chi connectivity index (χ0) is 13.8. The SMILES string of the molecule is NC1CCCCCC1C(=O)Nc1ncc(Br)nc1Br. The molecule has 0 saturated heterocycles. The number of hydrogen-bond acceptors (Lipinski definition) is 4. The molecule has 1 aliphatic rings. The first-order valence-electron chi connectivity index (χ1n) is 6.32. The van der Waals surface area contributed by atoms with E-state index >= 15 is 0 Å². The average molecular weight is 392 g/mol. The van der Waals surface area contributed by atoms with Crippen LogP contribution in [0.2, 0.25) is 0 Å². The molecule has 3 N–H and O–H groups in total. The number of anilines is 1. The van der Waals surface area contributed by atoms with Gasteiger partial charge in [0, 0.05) is 6.04 Å². The van der Waals surface area contributed by atoms with Gasteiger partial charge in [-0.1, -0.05) is 19.3 Å². The number of carbonyl (C=O) groups excluding carboxylic acids is 1. The molecule has 2 rings (SSSR count). The standard InChI is InChI=1S/C12H16Br2N4O/c13-9-6-16-11(10(14)17-9)18-12(19)7-4-2-1-3-5-8(7)15/h6-8H,1-5,15H2,(H,16,18,19). The first-order chi connectivity index (χ1) is 9.08. The molecule has 0 radical (unpaired) electrons. The second kappa shape index (κ2) is 6.76. The van der Waals surface area contributed by atoms with E-state index in [-0.39, 0.29) is 17.9 Å². The third-order valence-corrected chi connectivity index (χ3v) is 4.28. The fourth-order valence-electron chi connectivity index (χ4n) is 2.30. The highest BCUT2D eigenvalue weighted by Crippen LogP contribution is 2.25. The highest BCUT2D eigenvalue weighted by atomic mass is 79.9. The Bertz CT molecular complexity index is 469. The number of nitrogens with zero attached hydrogens (tertiary/aromatic N) is 2. The van der Waals surface area contributed by atoms with E-state index < -0.39 is 0 Å². The van der Waals surface area contributed by atoms with Gasteiger partial charge >= 0.3 is 0 Å².